The Morgan fingerprint density at radius 3 is 2.67 bits per heavy atom. The Labute approximate surface area is 163 Å². The highest BCUT2D eigenvalue weighted by atomic mass is 16.5. The summed E-state index contributed by atoms with van der Waals surface area (Å²) in [6, 6.07) is 16.2. The smallest absolute Gasteiger partial charge is 0.122 e. The number of methoxy groups -OCH3 is 1. The summed E-state index contributed by atoms with van der Waals surface area (Å²) in [5.74, 6) is 2.36. The van der Waals surface area contributed by atoms with Gasteiger partial charge in [-0.2, -0.15) is 0 Å². The lowest BCUT2D eigenvalue weighted by Gasteiger charge is -2.35. The Morgan fingerprint density at radius 2 is 1.93 bits per heavy atom. The van der Waals surface area contributed by atoms with Crippen LogP contribution >= 0.6 is 0 Å². The van der Waals surface area contributed by atoms with Crippen LogP contribution in [0, 0.1) is 0 Å². The highest BCUT2D eigenvalue weighted by Gasteiger charge is 2.27. The minimum atomic E-state index is 0.407. The fourth-order valence-electron chi connectivity index (χ4n) is 4.36. The zero-order valence-electron chi connectivity index (χ0n) is 16.9. The first-order valence-electron chi connectivity index (χ1n) is 10.4. The summed E-state index contributed by atoms with van der Waals surface area (Å²) >= 11 is 0. The van der Waals surface area contributed by atoms with Crippen LogP contribution in [0.3, 0.4) is 0 Å². The number of nitrogens with zero attached hydrogens (tertiary/aromatic N) is 1. The molecule has 0 aromatic heterocycles. The summed E-state index contributed by atoms with van der Waals surface area (Å²) in [6.45, 7) is 8.74. The number of nitrogens with one attached hydrogen (secondary N) is 1. The van der Waals surface area contributed by atoms with Crippen LogP contribution in [0.15, 0.2) is 42.5 Å². The second-order valence-electron chi connectivity index (χ2n) is 8.38. The summed E-state index contributed by atoms with van der Waals surface area (Å²) in [4.78, 5) is 2.57. The first kappa shape index (κ1) is 18.5. The summed E-state index contributed by atoms with van der Waals surface area (Å²) in [6.07, 6.45) is 2.62. The molecular weight excluding hydrogens is 332 g/mol. The zero-order valence-corrected chi connectivity index (χ0v) is 16.9. The first-order valence-corrected chi connectivity index (χ1v) is 10.4. The summed E-state index contributed by atoms with van der Waals surface area (Å²) in [5.41, 5.74) is 5.67. The van der Waals surface area contributed by atoms with Crippen LogP contribution in [-0.2, 0) is 6.54 Å². The molecule has 0 spiro atoms. The molecule has 27 heavy (non-hydrogen) atoms. The van der Waals surface area contributed by atoms with Crippen molar-refractivity contribution in [2.75, 3.05) is 26.7 Å². The molecule has 0 amide bonds. The van der Waals surface area contributed by atoms with Crippen molar-refractivity contribution in [3.8, 4) is 5.75 Å². The molecule has 1 saturated carbocycles. The number of ether oxygens (including phenoxy) is 1. The molecule has 2 aromatic rings. The SMILES string of the molecule is COc1cc(CN2CCN[C@H](c3ccccc3C(C)C)C2)ccc1C1CC1. The highest BCUT2D eigenvalue weighted by Crippen LogP contribution is 2.44. The Balaban J connectivity index is 1.48. The van der Waals surface area contributed by atoms with E-state index in [9.17, 15) is 0 Å². The average molecular weight is 365 g/mol. The van der Waals surface area contributed by atoms with Crippen molar-refractivity contribution < 1.29 is 4.74 Å². The molecule has 1 heterocycles. The van der Waals surface area contributed by atoms with E-state index in [4.69, 9.17) is 4.74 Å². The van der Waals surface area contributed by atoms with Gasteiger partial charge >= 0.3 is 0 Å². The van der Waals surface area contributed by atoms with E-state index >= 15 is 0 Å². The van der Waals surface area contributed by atoms with Crippen LogP contribution in [-0.4, -0.2) is 31.6 Å². The molecule has 1 aliphatic heterocycles. The molecule has 0 bridgehead atoms. The van der Waals surface area contributed by atoms with Crippen LogP contribution in [0.25, 0.3) is 0 Å². The maximum absolute atomic E-state index is 5.68. The maximum Gasteiger partial charge on any atom is 0.122 e. The normalized spacial score (nSPS) is 20.8. The van der Waals surface area contributed by atoms with Crippen molar-refractivity contribution in [3.05, 3.63) is 64.7 Å². The average Bonchev–Trinajstić information content (AvgIpc) is 3.53. The third-order valence-corrected chi connectivity index (χ3v) is 5.97. The van der Waals surface area contributed by atoms with Crippen LogP contribution in [0.4, 0.5) is 0 Å². The molecule has 2 fully saturated rings. The lowest BCUT2D eigenvalue weighted by molar-refractivity contribution is 0.192. The Kier molecular flexibility index (Phi) is 5.51. The molecule has 0 unspecified atom stereocenters. The molecule has 3 heteroatoms. The molecule has 3 nitrogen and oxygen atoms in total. The van der Waals surface area contributed by atoms with Gasteiger partial charge in [-0.15, -0.1) is 0 Å². The van der Waals surface area contributed by atoms with Gasteiger partial charge in [0, 0.05) is 32.2 Å². The maximum atomic E-state index is 5.68. The lowest BCUT2D eigenvalue weighted by atomic mass is 9.91. The highest BCUT2D eigenvalue weighted by molar-refractivity contribution is 5.42. The Hall–Kier alpha value is -1.84. The van der Waals surface area contributed by atoms with Gasteiger partial charge in [-0.3, -0.25) is 4.90 Å². The van der Waals surface area contributed by atoms with Gasteiger partial charge < -0.3 is 10.1 Å². The quantitative estimate of drug-likeness (QED) is 0.793. The van der Waals surface area contributed by atoms with Crippen molar-refractivity contribution >= 4 is 0 Å². The number of rotatable bonds is 6. The summed E-state index contributed by atoms with van der Waals surface area (Å²) in [7, 11) is 1.80. The van der Waals surface area contributed by atoms with Gasteiger partial charge in [0.15, 0.2) is 0 Å². The summed E-state index contributed by atoms with van der Waals surface area (Å²) < 4.78 is 5.68. The molecule has 0 radical (unpaired) electrons. The minimum absolute atomic E-state index is 0.407. The van der Waals surface area contributed by atoms with Gasteiger partial charge in [0.25, 0.3) is 0 Å². The number of benzene rings is 2. The Morgan fingerprint density at radius 1 is 1.11 bits per heavy atom. The summed E-state index contributed by atoms with van der Waals surface area (Å²) in [5, 5.41) is 3.73. The predicted molar refractivity (Wildman–Crippen MR) is 112 cm³/mol. The third-order valence-electron chi connectivity index (χ3n) is 5.97. The van der Waals surface area contributed by atoms with Crippen LogP contribution in [0.2, 0.25) is 0 Å². The molecule has 1 atom stereocenters. The van der Waals surface area contributed by atoms with Gasteiger partial charge in [-0.05, 0) is 53.0 Å². The van der Waals surface area contributed by atoms with Gasteiger partial charge in [-0.1, -0.05) is 50.2 Å². The number of hydrogen-bond donors (Lipinski definition) is 1. The number of hydrogen-bond acceptors (Lipinski definition) is 3. The second kappa shape index (κ2) is 8.04. The van der Waals surface area contributed by atoms with Gasteiger partial charge in [-0.25, -0.2) is 0 Å². The first-order chi connectivity index (χ1) is 13.2. The van der Waals surface area contributed by atoms with Crippen LogP contribution < -0.4 is 10.1 Å². The van der Waals surface area contributed by atoms with E-state index in [1.165, 1.54) is 35.1 Å². The molecular formula is C24H32N2O. The fourth-order valence-corrected chi connectivity index (χ4v) is 4.36. The van der Waals surface area contributed by atoms with E-state index in [0.29, 0.717) is 12.0 Å². The van der Waals surface area contributed by atoms with Crippen molar-refractivity contribution in [2.45, 2.75) is 51.1 Å². The van der Waals surface area contributed by atoms with Gasteiger partial charge in [0.2, 0.25) is 0 Å². The van der Waals surface area contributed by atoms with Crippen molar-refractivity contribution in [3.63, 3.8) is 0 Å². The number of piperazine rings is 1. The van der Waals surface area contributed by atoms with Gasteiger partial charge in [0.1, 0.15) is 5.75 Å². The largest absolute Gasteiger partial charge is 0.496 e. The molecule has 1 N–H and O–H groups in total. The minimum Gasteiger partial charge on any atom is -0.496 e. The molecule has 144 valence electrons. The lowest BCUT2D eigenvalue weighted by Crippen LogP contribution is -2.45. The molecule has 2 aromatic carbocycles. The molecule has 2 aliphatic rings. The van der Waals surface area contributed by atoms with Gasteiger partial charge in [0.05, 0.1) is 7.11 Å². The predicted octanol–water partition coefficient (Wildman–Crippen LogP) is 4.84. The molecule has 4 rings (SSSR count). The van der Waals surface area contributed by atoms with Crippen molar-refractivity contribution in [2.24, 2.45) is 0 Å². The third kappa shape index (κ3) is 4.20. The monoisotopic (exact) mass is 364 g/mol. The Bertz CT molecular complexity index is 782. The topological polar surface area (TPSA) is 24.5 Å². The molecule has 1 aliphatic carbocycles. The van der Waals surface area contributed by atoms with E-state index in [-0.39, 0.29) is 0 Å². The van der Waals surface area contributed by atoms with E-state index < -0.39 is 0 Å². The van der Waals surface area contributed by atoms with E-state index in [1.54, 1.807) is 7.11 Å². The fraction of sp³-hybridized carbons (Fsp3) is 0.500. The molecule has 1 saturated heterocycles. The van der Waals surface area contributed by atoms with E-state index in [0.717, 1.165) is 37.8 Å². The van der Waals surface area contributed by atoms with E-state index in [2.05, 4.69) is 66.5 Å². The van der Waals surface area contributed by atoms with Crippen molar-refractivity contribution in [1.29, 1.82) is 0 Å². The second-order valence-corrected chi connectivity index (χ2v) is 8.38. The standard InChI is InChI=1S/C24H32N2O/c1-17(2)20-6-4-5-7-22(20)23-16-26(13-12-25-23)15-18-8-11-21(19-9-10-19)24(14-18)27-3/h4-8,11,14,17,19,23,25H,9-10,12-13,15-16H2,1-3H3/t23-/m0/s1. The van der Waals surface area contributed by atoms with Crippen LogP contribution in [0.5, 0.6) is 5.75 Å². The van der Waals surface area contributed by atoms with E-state index in [1.807, 2.05) is 0 Å². The van der Waals surface area contributed by atoms with Crippen LogP contribution in [0.1, 0.15) is 66.8 Å². The van der Waals surface area contributed by atoms with Crippen molar-refractivity contribution in [1.82, 2.24) is 10.2 Å². The zero-order chi connectivity index (χ0) is 18.8.